The molecule has 0 spiro atoms. The summed E-state index contributed by atoms with van der Waals surface area (Å²) in [5, 5.41) is 3.56. The number of rotatable bonds is 5. The smallest absolute Gasteiger partial charge is 0.0236 e. The summed E-state index contributed by atoms with van der Waals surface area (Å²) in [4.78, 5) is 2.60. The topological polar surface area (TPSA) is 15.3 Å². The molecule has 1 heterocycles. The van der Waals surface area contributed by atoms with Crippen molar-refractivity contribution in [1.82, 2.24) is 10.2 Å². The molecule has 0 atom stereocenters. The number of benzene rings is 1. The van der Waals surface area contributed by atoms with Crippen molar-refractivity contribution in [2.24, 2.45) is 0 Å². The number of hydrogen-bond acceptors (Lipinski definition) is 2. The molecule has 1 saturated heterocycles. The van der Waals surface area contributed by atoms with Gasteiger partial charge in [0.05, 0.1) is 0 Å². The standard InChI is InChI=1S/C16H26N2/c1-3-14-7-5-6-8-15(14)13-18-11-9-16(10-12-18)17-4-2/h5-8,16-17H,3-4,9-13H2,1-2H3. The molecule has 1 aromatic carbocycles. The van der Waals surface area contributed by atoms with Crippen molar-refractivity contribution in [2.75, 3.05) is 19.6 Å². The van der Waals surface area contributed by atoms with Crippen LogP contribution < -0.4 is 5.32 Å². The van der Waals surface area contributed by atoms with E-state index in [0.29, 0.717) is 0 Å². The summed E-state index contributed by atoms with van der Waals surface area (Å²) in [5.74, 6) is 0. The number of likely N-dealkylation sites (tertiary alicyclic amines) is 1. The van der Waals surface area contributed by atoms with Gasteiger partial charge >= 0.3 is 0 Å². The van der Waals surface area contributed by atoms with E-state index in [1.165, 1.54) is 37.1 Å². The molecular formula is C16H26N2. The summed E-state index contributed by atoms with van der Waals surface area (Å²) in [5.41, 5.74) is 3.02. The Bertz CT molecular complexity index is 354. The monoisotopic (exact) mass is 246 g/mol. The SMILES string of the molecule is CCNC1CCN(Cc2ccccc2CC)CC1. The summed E-state index contributed by atoms with van der Waals surface area (Å²) in [6.45, 7) is 9.14. The maximum atomic E-state index is 3.56. The van der Waals surface area contributed by atoms with Crippen LogP contribution in [0.15, 0.2) is 24.3 Å². The van der Waals surface area contributed by atoms with Crippen molar-refractivity contribution in [1.29, 1.82) is 0 Å². The molecule has 1 fully saturated rings. The molecule has 0 amide bonds. The molecule has 2 nitrogen and oxygen atoms in total. The number of piperidine rings is 1. The number of hydrogen-bond donors (Lipinski definition) is 1. The van der Waals surface area contributed by atoms with Crippen LogP contribution in [0.2, 0.25) is 0 Å². The molecule has 100 valence electrons. The van der Waals surface area contributed by atoms with Gasteiger partial charge in [-0.3, -0.25) is 4.90 Å². The van der Waals surface area contributed by atoms with Gasteiger partial charge in [-0.15, -0.1) is 0 Å². The summed E-state index contributed by atoms with van der Waals surface area (Å²) < 4.78 is 0. The molecule has 1 N–H and O–H groups in total. The Kier molecular flexibility index (Phi) is 5.21. The van der Waals surface area contributed by atoms with E-state index in [-0.39, 0.29) is 0 Å². The van der Waals surface area contributed by atoms with Gasteiger partial charge in [0, 0.05) is 12.6 Å². The zero-order valence-electron chi connectivity index (χ0n) is 11.8. The molecule has 0 aliphatic carbocycles. The predicted molar refractivity (Wildman–Crippen MR) is 77.8 cm³/mol. The minimum Gasteiger partial charge on any atom is -0.314 e. The molecule has 1 aliphatic heterocycles. The highest BCUT2D eigenvalue weighted by molar-refractivity contribution is 5.26. The molecule has 0 aromatic heterocycles. The lowest BCUT2D eigenvalue weighted by Crippen LogP contribution is -2.42. The zero-order valence-corrected chi connectivity index (χ0v) is 11.8. The molecular weight excluding hydrogens is 220 g/mol. The van der Waals surface area contributed by atoms with Gasteiger partial charge in [-0.25, -0.2) is 0 Å². The maximum absolute atomic E-state index is 3.56. The largest absolute Gasteiger partial charge is 0.314 e. The second kappa shape index (κ2) is 6.91. The molecule has 1 aliphatic rings. The van der Waals surface area contributed by atoms with Crippen LogP contribution in [0.1, 0.15) is 37.8 Å². The fourth-order valence-electron chi connectivity index (χ4n) is 2.88. The summed E-state index contributed by atoms with van der Waals surface area (Å²) in [6, 6.07) is 9.61. The quantitative estimate of drug-likeness (QED) is 0.859. The average molecular weight is 246 g/mol. The van der Waals surface area contributed by atoms with E-state index in [0.717, 1.165) is 25.6 Å². The summed E-state index contributed by atoms with van der Waals surface area (Å²) >= 11 is 0. The molecule has 1 aromatic rings. The van der Waals surface area contributed by atoms with Gasteiger partial charge in [0.1, 0.15) is 0 Å². The van der Waals surface area contributed by atoms with Crippen molar-refractivity contribution in [3.8, 4) is 0 Å². The zero-order chi connectivity index (χ0) is 12.8. The van der Waals surface area contributed by atoms with Crippen LogP contribution >= 0.6 is 0 Å². The van der Waals surface area contributed by atoms with Crippen LogP contribution in [0.4, 0.5) is 0 Å². The van der Waals surface area contributed by atoms with E-state index >= 15 is 0 Å². The summed E-state index contributed by atoms with van der Waals surface area (Å²) in [6.07, 6.45) is 3.73. The second-order valence-electron chi connectivity index (χ2n) is 5.23. The van der Waals surface area contributed by atoms with Crippen LogP contribution in [-0.4, -0.2) is 30.6 Å². The lowest BCUT2D eigenvalue weighted by atomic mass is 10.0. The van der Waals surface area contributed by atoms with E-state index in [9.17, 15) is 0 Å². The third kappa shape index (κ3) is 3.56. The van der Waals surface area contributed by atoms with E-state index < -0.39 is 0 Å². The Morgan fingerprint density at radius 3 is 2.39 bits per heavy atom. The third-order valence-corrected chi connectivity index (χ3v) is 3.97. The first-order valence-electron chi connectivity index (χ1n) is 7.36. The van der Waals surface area contributed by atoms with Crippen LogP contribution in [0.3, 0.4) is 0 Å². The Balaban J connectivity index is 1.87. The van der Waals surface area contributed by atoms with E-state index in [1.54, 1.807) is 0 Å². The molecule has 0 bridgehead atoms. The minimum absolute atomic E-state index is 0.743. The molecule has 2 rings (SSSR count). The third-order valence-electron chi connectivity index (χ3n) is 3.97. The fraction of sp³-hybridized carbons (Fsp3) is 0.625. The minimum atomic E-state index is 0.743. The highest BCUT2D eigenvalue weighted by Gasteiger charge is 2.18. The summed E-state index contributed by atoms with van der Waals surface area (Å²) in [7, 11) is 0. The predicted octanol–water partition coefficient (Wildman–Crippen LogP) is 2.82. The van der Waals surface area contributed by atoms with Crippen molar-refractivity contribution >= 4 is 0 Å². The van der Waals surface area contributed by atoms with Crippen molar-refractivity contribution in [3.63, 3.8) is 0 Å². The Morgan fingerprint density at radius 2 is 1.78 bits per heavy atom. The number of aryl methyl sites for hydroxylation is 1. The van der Waals surface area contributed by atoms with Gasteiger partial charge in [0.15, 0.2) is 0 Å². The molecule has 0 unspecified atom stereocenters. The Morgan fingerprint density at radius 1 is 1.11 bits per heavy atom. The van der Waals surface area contributed by atoms with Crippen LogP contribution in [0.5, 0.6) is 0 Å². The molecule has 0 radical (unpaired) electrons. The van der Waals surface area contributed by atoms with Gasteiger partial charge in [-0.05, 0) is 50.0 Å². The first-order valence-corrected chi connectivity index (χ1v) is 7.36. The Labute approximate surface area is 111 Å². The van der Waals surface area contributed by atoms with Crippen molar-refractivity contribution < 1.29 is 0 Å². The fourth-order valence-corrected chi connectivity index (χ4v) is 2.88. The second-order valence-corrected chi connectivity index (χ2v) is 5.23. The van der Waals surface area contributed by atoms with Gasteiger partial charge in [-0.2, -0.15) is 0 Å². The van der Waals surface area contributed by atoms with Crippen molar-refractivity contribution in [2.45, 2.75) is 45.7 Å². The first-order chi connectivity index (χ1) is 8.83. The number of nitrogens with zero attached hydrogens (tertiary/aromatic N) is 1. The van der Waals surface area contributed by atoms with Gasteiger partial charge < -0.3 is 5.32 Å². The van der Waals surface area contributed by atoms with E-state index in [4.69, 9.17) is 0 Å². The van der Waals surface area contributed by atoms with E-state index in [2.05, 4.69) is 48.3 Å². The van der Waals surface area contributed by atoms with Gasteiger partial charge in [0.25, 0.3) is 0 Å². The maximum Gasteiger partial charge on any atom is 0.0236 e. The average Bonchev–Trinajstić information content (AvgIpc) is 2.42. The highest BCUT2D eigenvalue weighted by Crippen LogP contribution is 2.16. The van der Waals surface area contributed by atoms with Crippen LogP contribution in [0, 0.1) is 0 Å². The lowest BCUT2D eigenvalue weighted by Gasteiger charge is -2.32. The first kappa shape index (κ1) is 13.6. The van der Waals surface area contributed by atoms with Gasteiger partial charge in [-0.1, -0.05) is 38.1 Å². The Hall–Kier alpha value is -0.860. The van der Waals surface area contributed by atoms with E-state index in [1.807, 2.05) is 0 Å². The molecule has 2 heteroatoms. The number of nitrogens with one attached hydrogen (secondary N) is 1. The van der Waals surface area contributed by atoms with Crippen molar-refractivity contribution in [3.05, 3.63) is 35.4 Å². The van der Waals surface area contributed by atoms with Crippen LogP contribution in [-0.2, 0) is 13.0 Å². The van der Waals surface area contributed by atoms with Crippen LogP contribution in [0.25, 0.3) is 0 Å². The molecule has 18 heavy (non-hydrogen) atoms. The lowest BCUT2D eigenvalue weighted by molar-refractivity contribution is 0.191. The molecule has 0 saturated carbocycles. The normalized spacial score (nSPS) is 18.1. The van der Waals surface area contributed by atoms with Gasteiger partial charge in [0.2, 0.25) is 0 Å². The highest BCUT2D eigenvalue weighted by atomic mass is 15.1.